The zero-order chi connectivity index (χ0) is 12.1. The van der Waals surface area contributed by atoms with E-state index < -0.39 is 0 Å². The van der Waals surface area contributed by atoms with Crippen molar-refractivity contribution in [3.05, 3.63) is 53.2 Å². The first-order valence-electron chi connectivity index (χ1n) is 5.91. The Morgan fingerprint density at radius 3 is 2.71 bits per heavy atom. The molecule has 1 aromatic heterocycles. The van der Waals surface area contributed by atoms with E-state index in [4.69, 9.17) is 4.42 Å². The molecule has 0 amide bonds. The standard InChI is InChI=1S/C14H18N2O/c1-11-3-5-12(6-4-11)9-14-16-13(10-17-14)7-8-15-2/h3-6,10,15H,7-9H2,1-2H3. The molecule has 2 aromatic rings. The van der Waals surface area contributed by atoms with Crippen LogP contribution >= 0.6 is 0 Å². The summed E-state index contributed by atoms with van der Waals surface area (Å²) >= 11 is 0. The second kappa shape index (κ2) is 5.64. The van der Waals surface area contributed by atoms with Gasteiger partial charge in [-0.3, -0.25) is 0 Å². The summed E-state index contributed by atoms with van der Waals surface area (Å²) in [4.78, 5) is 4.46. The van der Waals surface area contributed by atoms with Gasteiger partial charge in [0.2, 0.25) is 0 Å². The molecule has 3 nitrogen and oxygen atoms in total. The van der Waals surface area contributed by atoms with Crippen LogP contribution in [-0.2, 0) is 12.8 Å². The summed E-state index contributed by atoms with van der Waals surface area (Å²) in [5.41, 5.74) is 3.52. The van der Waals surface area contributed by atoms with E-state index in [9.17, 15) is 0 Å². The number of aromatic nitrogens is 1. The Kier molecular flexibility index (Phi) is 3.94. The Morgan fingerprint density at radius 2 is 2.00 bits per heavy atom. The van der Waals surface area contributed by atoms with Gasteiger partial charge in [-0.2, -0.15) is 0 Å². The van der Waals surface area contributed by atoms with Crippen LogP contribution in [0.25, 0.3) is 0 Å². The van der Waals surface area contributed by atoms with Gasteiger partial charge in [-0.15, -0.1) is 0 Å². The Labute approximate surface area is 102 Å². The van der Waals surface area contributed by atoms with Crippen molar-refractivity contribution in [3.8, 4) is 0 Å². The minimum atomic E-state index is 0.764. The largest absolute Gasteiger partial charge is 0.448 e. The number of benzene rings is 1. The predicted octanol–water partition coefficient (Wildman–Crippen LogP) is 2.34. The van der Waals surface area contributed by atoms with Crippen LogP contribution in [0, 0.1) is 6.92 Å². The fourth-order valence-electron chi connectivity index (χ4n) is 1.68. The molecular formula is C14H18N2O. The number of hydrogen-bond donors (Lipinski definition) is 1. The topological polar surface area (TPSA) is 38.1 Å². The third-order valence-electron chi connectivity index (χ3n) is 2.71. The van der Waals surface area contributed by atoms with E-state index in [-0.39, 0.29) is 0 Å². The molecule has 2 rings (SSSR count). The summed E-state index contributed by atoms with van der Waals surface area (Å²) in [6, 6.07) is 8.46. The first kappa shape index (κ1) is 11.9. The van der Waals surface area contributed by atoms with Crippen molar-refractivity contribution in [1.29, 1.82) is 0 Å². The van der Waals surface area contributed by atoms with Crippen LogP contribution in [0.1, 0.15) is 22.7 Å². The highest BCUT2D eigenvalue weighted by atomic mass is 16.3. The molecule has 1 heterocycles. The van der Waals surface area contributed by atoms with E-state index in [1.54, 1.807) is 6.26 Å². The monoisotopic (exact) mass is 230 g/mol. The van der Waals surface area contributed by atoms with Crippen molar-refractivity contribution >= 4 is 0 Å². The minimum Gasteiger partial charge on any atom is -0.448 e. The van der Waals surface area contributed by atoms with Crippen molar-refractivity contribution < 1.29 is 4.42 Å². The lowest BCUT2D eigenvalue weighted by Gasteiger charge is -1.98. The van der Waals surface area contributed by atoms with Gasteiger partial charge in [-0.05, 0) is 19.5 Å². The lowest BCUT2D eigenvalue weighted by Crippen LogP contribution is -2.10. The Bertz CT molecular complexity index is 459. The first-order chi connectivity index (χ1) is 8.28. The quantitative estimate of drug-likeness (QED) is 0.856. The Hall–Kier alpha value is -1.61. The molecule has 0 fully saturated rings. The predicted molar refractivity (Wildman–Crippen MR) is 68.1 cm³/mol. The van der Waals surface area contributed by atoms with Gasteiger partial charge in [0.25, 0.3) is 0 Å². The van der Waals surface area contributed by atoms with Crippen LogP contribution in [0.15, 0.2) is 34.9 Å². The van der Waals surface area contributed by atoms with Crippen molar-refractivity contribution in [2.75, 3.05) is 13.6 Å². The van der Waals surface area contributed by atoms with Gasteiger partial charge in [-0.1, -0.05) is 29.8 Å². The fraction of sp³-hybridized carbons (Fsp3) is 0.357. The van der Waals surface area contributed by atoms with Gasteiger partial charge < -0.3 is 9.73 Å². The van der Waals surface area contributed by atoms with E-state index in [1.165, 1.54) is 11.1 Å². The van der Waals surface area contributed by atoms with E-state index >= 15 is 0 Å². The van der Waals surface area contributed by atoms with Crippen LogP contribution in [-0.4, -0.2) is 18.6 Å². The normalized spacial score (nSPS) is 10.7. The third kappa shape index (κ3) is 3.43. The summed E-state index contributed by atoms with van der Waals surface area (Å²) in [5.74, 6) is 0.792. The van der Waals surface area contributed by atoms with Crippen LogP contribution in [0.4, 0.5) is 0 Å². The van der Waals surface area contributed by atoms with Crippen molar-refractivity contribution in [1.82, 2.24) is 10.3 Å². The maximum atomic E-state index is 5.46. The van der Waals surface area contributed by atoms with E-state index in [2.05, 4.69) is 41.5 Å². The summed E-state index contributed by atoms with van der Waals surface area (Å²) in [6.45, 7) is 3.02. The molecule has 1 aromatic carbocycles. The number of aryl methyl sites for hydroxylation is 1. The van der Waals surface area contributed by atoms with Crippen molar-refractivity contribution in [3.63, 3.8) is 0 Å². The zero-order valence-electron chi connectivity index (χ0n) is 10.4. The summed E-state index contributed by atoms with van der Waals surface area (Å²) in [7, 11) is 1.94. The zero-order valence-corrected chi connectivity index (χ0v) is 10.4. The highest BCUT2D eigenvalue weighted by Crippen LogP contribution is 2.10. The second-order valence-electron chi connectivity index (χ2n) is 4.25. The molecule has 1 N–H and O–H groups in total. The number of nitrogens with zero attached hydrogens (tertiary/aromatic N) is 1. The first-order valence-corrected chi connectivity index (χ1v) is 5.91. The van der Waals surface area contributed by atoms with Gasteiger partial charge in [0.15, 0.2) is 5.89 Å². The number of likely N-dealkylation sites (N-methyl/N-ethyl adjacent to an activating group) is 1. The molecular weight excluding hydrogens is 212 g/mol. The Balaban J connectivity index is 1.98. The lowest BCUT2D eigenvalue weighted by molar-refractivity contribution is 0.506. The maximum Gasteiger partial charge on any atom is 0.198 e. The fourth-order valence-corrected chi connectivity index (χ4v) is 1.68. The van der Waals surface area contributed by atoms with E-state index in [1.807, 2.05) is 7.05 Å². The molecule has 3 heteroatoms. The summed E-state index contributed by atoms with van der Waals surface area (Å²) < 4.78 is 5.46. The number of nitrogens with one attached hydrogen (secondary N) is 1. The third-order valence-corrected chi connectivity index (χ3v) is 2.71. The molecule has 0 aliphatic heterocycles. The van der Waals surface area contributed by atoms with Crippen LogP contribution in [0.5, 0.6) is 0 Å². The van der Waals surface area contributed by atoms with Gasteiger partial charge >= 0.3 is 0 Å². The van der Waals surface area contributed by atoms with Crippen LogP contribution < -0.4 is 5.32 Å². The number of oxazole rings is 1. The van der Waals surface area contributed by atoms with Gasteiger partial charge in [0.1, 0.15) is 6.26 Å². The molecule has 0 unspecified atom stereocenters. The number of hydrogen-bond acceptors (Lipinski definition) is 3. The molecule has 0 bridgehead atoms. The van der Waals surface area contributed by atoms with Crippen molar-refractivity contribution in [2.24, 2.45) is 0 Å². The number of rotatable bonds is 5. The van der Waals surface area contributed by atoms with Crippen LogP contribution in [0.3, 0.4) is 0 Å². The van der Waals surface area contributed by atoms with Crippen molar-refractivity contribution in [2.45, 2.75) is 19.8 Å². The minimum absolute atomic E-state index is 0.764. The molecule has 0 aliphatic carbocycles. The maximum absolute atomic E-state index is 5.46. The summed E-state index contributed by atoms with van der Waals surface area (Å²) in [6.07, 6.45) is 3.43. The van der Waals surface area contributed by atoms with Gasteiger partial charge in [0.05, 0.1) is 5.69 Å². The average molecular weight is 230 g/mol. The Morgan fingerprint density at radius 1 is 1.24 bits per heavy atom. The SMILES string of the molecule is CNCCc1coc(Cc2ccc(C)cc2)n1. The molecule has 0 atom stereocenters. The summed E-state index contributed by atoms with van der Waals surface area (Å²) in [5, 5.41) is 3.10. The van der Waals surface area contributed by atoms with E-state index in [0.717, 1.165) is 31.0 Å². The second-order valence-corrected chi connectivity index (χ2v) is 4.25. The van der Waals surface area contributed by atoms with Gasteiger partial charge in [0, 0.05) is 19.4 Å². The molecule has 90 valence electrons. The highest BCUT2D eigenvalue weighted by molar-refractivity contribution is 5.23. The highest BCUT2D eigenvalue weighted by Gasteiger charge is 2.04. The molecule has 0 spiro atoms. The van der Waals surface area contributed by atoms with Gasteiger partial charge in [-0.25, -0.2) is 4.98 Å². The lowest BCUT2D eigenvalue weighted by atomic mass is 10.1. The molecule has 0 radical (unpaired) electrons. The molecule has 0 saturated carbocycles. The van der Waals surface area contributed by atoms with Crippen LogP contribution in [0.2, 0.25) is 0 Å². The molecule has 0 saturated heterocycles. The smallest absolute Gasteiger partial charge is 0.198 e. The molecule has 0 aliphatic rings. The average Bonchev–Trinajstić information content (AvgIpc) is 2.77. The van der Waals surface area contributed by atoms with E-state index in [0.29, 0.717) is 0 Å². The molecule has 17 heavy (non-hydrogen) atoms.